The van der Waals surface area contributed by atoms with Crippen LogP contribution in [-0.4, -0.2) is 22.6 Å². The molecule has 1 aromatic heterocycles. The Balaban J connectivity index is 1.75. The molecule has 0 bridgehead atoms. The van der Waals surface area contributed by atoms with Crippen molar-refractivity contribution in [3.8, 4) is 0 Å². The number of piperidine rings is 1. The summed E-state index contributed by atoms with van der Waals surface area (Å²) in [7, 11) is 0. The van der Waals surface area contributed by atoms with Crippen LogP contribution in [0.15, 0.2) is 12.5 Å². The van der Waals surface area contributed by atoms with Crippen LogP contribution in [0.25, 0.3) is 0 Å². The Morgan fingerprint density at radius 1 is 1.44 bits per heavy atom. The van der Waals surface area contributed by atoms with E-state index < -0.39 is 0 Å². The first kappa shape index (κ1) is 12.2. The van der Waals surface area contributed by atoms with Crippen LogP contribution in [0.1, 0.15) is 63.1 Å². The summed E-state index contributed by atoms with van der Waals surface area (Å²) < 4.78 is 2.48. The van der Waals surface area contributed by atoms with Gasteiger partial charge in [0.1, 0.15) is 0 Å². The molecule has 0 amide bonds. The number of nitrogens with zero attached hydrogens (tertiary/aromatic N) is 2. The minimum atomic E-state index is 0.675. The quantitative estimate of drug-likeness (QED) is 0.866. The van der Waals surface area contributed by atoms with Gasteiger partial charge >= 0.3 is 0 Å². The maximum atomic E-state index is 4.43. The minimum absolute atomic E-state index is 0.675. The highest BCUT2D eigenvalue weighted by Gasteiger charge is 2.27. The molecule has 2 atom stereocenters. The van der Waals surface area contributed by atoms with Crippen LogP contribution in [0.4, 0.5) is 0 Å². The molecular weight excluding hydrogens is 222 g/mol. The second kappa shape index (κ2) is 5.43. The Hall–Kier alpha value is -0.830. The number of nitrogens with one attached hydrogen (secondary N) is 1. The maximum Gasteiger partial charge on any atom is 0.0950 e. The molecule has 3 rings (SSSR count). The third-order valence-electron chi connectivity index (χ3n) is 4.58. The van der Waals surface area contributed by atoms with E-state index in [4.69, 9.17) is 0 Å². The van der Waals surface area contributed by atoms with Gasteiger partial charge in [-0.2, -0.15) is 0 Å². The first-order valence-corrected chi connectivity index (χ1v) is 7.61. The third-order valence-corrected chi connectivity index (χ3v) is 4.58. The van der Waals surface area contributed by atoms with E-state index in [0.717, 1.165) is 12.5 Å². The molecule has 100 valence electrons. The lowest BCUT2D eigenvalue weighted by Crippen LogP contribution is -2.30. The molecule has 1 saturated carbocycles. The Morgan fingerprint density at radius 3 is 3.00 bits per heavy atom. The molecule has 1 aromatic rings. The van der Waals surface area contributed by atoms with Crippen molar-refractivity contribution in [2.24, 2.45) is 5.92 Å². The molecule has 0 spiro atoms. The molecule has 3 heteroatoms. The molecule has 3 nitrogen and oxygen atoms in total. The number of hydrogen-bond acceptors (Lipinski definition) is 2. The van der Waals surface area contributed by atoms with Crippen molar-refractivity contribution in [2.75, 3.05) is 13.1 Å². The van der Waals surface area contributed by atoms with Crippen LogP contribution in [0.2, 0.25) is 0 Å². The topological polar surface area (TPSA) is 29.9 Å². The van der Waals surface area contributed by atoms with Crippen molar-refractivity contribution in [3.63, 3.8) is 0 Å². The minimum Gasteiger partial charge on any atom is -0.331 e. The van der Waals surface area contributed by atoms with Gasteiger partial charge in [-0.3, -0.25) is 0 Å². The van der Waals surface area contributed by atoms with Crippen LogP contribution < -0.4 is 5.32 Å². The standard InChI is InChI=1S/C15H25N3/c1-2-14(8-12-5-6-12)18-11-17-10-15(18)13-4-3-7-16-9-13/h10-14,16H,2-9H2,1H3. The molecule has 2 heterocycles. The Kier molecular flexibility index (Phi) is 3.69. The van der Waals surface area contributed by atoms with Crippen LogP contribution in [-0.2, 0) is 0 Å². The summed E-state index contributed by atoms with van der Waals surface area (Å²) in [4.78, 5) is 4.43. The van der Waals surface area contributed by atoms with Crippen LogP contribution in [0.5, 0.6) is 0 Å². The van der Waals surface area contributed by atoms with Crippen LogP contribution in [0.3, 0.4) is 0 Å². The predicted octanol–water partition coefficient (Wildman–Crippen LogP) is 3.10. The number of rotatable bonds is 5. The molecule has 0 aromatic carbocycles. The van der Waals surface area contributed by atoms with Crippen molar-refractivity contribution in [1.82, 2.24) is 14.9 Å². The predicted molar refractivity (Wildman–Crippen MR) is 73.7 cm³/mol. The molecule has 2 fully saturated rings. The monoisotopic (exact) mass is 247 g/mol. The number of aromatic nitrogens is 2. The highest BCUT2D eigenvalue weighted by atomic mass is 15.1. The largest absolute Gasteiger partial charge is 0.331 e. The van der Waals surface area contributed by atoms with Gasteiger partial charge < -0.3 is 9.88 Å². The summed E-state index contributed by atoms with van der Waals surface area (Å²) >= 11 is 0. The molecule has 1 saturated heterocycles. The Bertz CT molecular complexity index is 375. The second-order valence-corrected chi connectivity index (χ2v) is 6.01. The van der Waals surface area contributed by atoms with Gasteiger partial charge in [0.2, 0.25) is 0 Å². The molecule has 1 aliphatic carbocycles. The fourth-order valence-corrected chi connectivity index (χ4v) is 3.26. The van der Waals surface area contributed by atoms with Crippen molar-refractivity contribution < 1.29 is 0 Å². The molecule has 18 heavy (non-hydrogen) atoms. The van der Waals surface area contributed by atoms with Gasteiger partial charge in [0, 0.05) is 30.4 Å². The summed E-state index contributed by atoms with van der Waals surface area (Å²) in [5.74, 6) is 1.67. The summed E-state index contributed by atoms with van der Waals surface area (Å²) in [5.41, 5.74) is 1.47. The molecular formula is C15H25N3. The lowest BCUT2D eigenvalue weighted by molar-refractivity contribution is 0.384. The first-order valence-electron chi connectivity index (χ1n) is 7.61. The average molecular weight is 247 g/mol. The third kappa shape index (κ3) is 2.61. The van der Waals surface area contributed by atoms with E-state index in [1.807, 2.05) is 0 Å². The highest BCUT2D eigenvalue weighted by Crippen LogP contribution is 2.39. The zero-order chi connectivity index (χ0) is 12.4. The van der Waals surface area contributed by atoms with Gasteiger partial charge in [0.05, 0.1) is 6.33 Å². The van der Waals surface area contributed by atoms with E-state index in [9.17, 15) is 0 Å². The number of imidazole rings is 1. The van der Waals surface area contributed by atoms with E-state index in [0.29, 0.717) is 12.0 Å². The number of hydrogen-bond donors (Lipinski definition) is 1. The summed E-state index contributed by atoms with van der Waals surface area (Å²) in [6, 6.07) is 0.678. The lowest BCUT2D eigenvalue weighted by Gasteiger charge is -2.27. The van der Waals surface area contributed by atoms with Crippen molar-refractivity contribution in [3.05, 3.63) is 18.2 Å². The Morgan fingerprint density at radius 2 is 2.33 bits per heavy atom. The van der Waals surface area contributed by atoms with Gasteiger partial charge in [-0.25, -0.2) is 4.98 Å². The van der Waals surface area contributed by atoms with Crippen molar-refractivity contribution >= 4 is 0 Å². The van der Waals surface area contributed by atoms with E-state index >= 15 is 0 Å². The Labute approximate surface area is 110 Å². The van der Waals surface area contributed by atoms with Crippen LogP contribution >= 0.6 is 0 Å². The summed E-state index contributed by atoms with van der Waals surface area (Å²) in [5, 5.41) is 3.52. The van der Waals surface area contributed by atoms with Gasteiger partial charge in [0.25, 0.3) is 0 Å². The first-order chi connectivity index (χ1) is 8.88. The van der Waals surface area contributed by atoms with E-state index in [-0.39, 0.29) is 0 Å². The van der Waals surface area contributed by atoms with Gasteiger partial charge in [-0.05, 0) is 38.1 Å². The van der Waals surface area contributed by atoms with E-state index in [1.165, 1.54) is 50.8 Å². The summed E-state index contributed by atoms with van der Waals surface area (Å²) in [6.07, 6.45) is 12.3. The second-order valence-electron chi connectivity index (χ2n) is 6.01. The van der Waals surface area contributed by atoms with Crippen molar-refractivity contribution in [1.29, 1.82) is 0 Å². The van der Waals surface area contributed by atoms with E-state index in [1.54, 1.807) is 0 Å². The van der Waals surface area contributed by atoms with Crippen molar-refractivity contribution in [2.45, 2.75) is 57.4 Å². The SMILES string of the molecule is CCC(CC1CC1)n1cncc1C1CCCNC1. The average Bonchev–Trinajstić information content (AvgIpc) is 3.11. The smallest absolute Gasteiger partial charge is 0.0950 e. The van der Waals surface area contributed by atoms with Gasteiger partial charge in [-0.1, -0.05) is 19.8 Å². The molecule has 2 unspecified atom stereocenters. The summed E-state index contributed by atoms with van der Waals surface area (Å²) in [6.45, 7) is 4.63. The lowest BCUT2D eigenvalue weighted by atomic mass is 9.95. The highest BCUT2D eigenvalue weighted by molar-refractivity contribution is 5.10. The molecule has 0 radical (unpaired) electrons. The maximum absolute atomic E-state index is 4.43. The fraction of sp³-hybridized carbons (Fsp3) is 0.800. The van der Waals surface area contributed by atoms with Gasteiger partial charge in [0.15, 0.2) is 0 Å². The normalized spacial score (nSPS) is 26.2. The van der Waals surface area contributed by atoms with E-state index in [2.05, 4.69) is 34.3 Å². The zero-order valence-electron chi connectivity index (χ0n) is 11.4. The molecule has 2 aliphatic rings. The zero-order valence-corrected chi connectivity index (χ0v) is 11.4. The fourth-order valence-electron chi connectivity index (χ4n) is 3.26. The van der Waals surface area contributed by atoms with Crippen LogP contribution in [0, 0.1) is 5.92 Å². The molecule has 1 N–H and O–H groups in total. The van der Waals surface area contributed by atoms with Gasteiger partial charge in [-0.15, -0.1) is 0 Å². The molecule has 1 aliphatic heterocycles.